The van der Waals surface area contributed by atoms with E-state index in [2.05, 4.69) is 17.0 Å². The summed E-state index contributed by atoms with van der Waals surface area (Å²) in [6, 6.07) is 9.17. The van der Waals surface area contributed by atoms with E-state index in [1.807, 2.05) is 12.1 Å². The summed E-state index contributed by atoms with van der Waals surface area (Å²) in [6.07, 6.45) is 7.96. The Balaban J connectivity index is 1.86. The maximum Gasteiger partial charge on any atom is 0.118 e. The average Bonchev–Trinajstić information content (AvgIpc) is 2.53. The number of hydrogen-bond acceptors (Lipinski definition) is 2. The minimum absolute atomic E-state index is 0.735. The molecule has 0 N–H and O–H groups in total. The zero-order valence-electron chi connectivity index (χ0n) is 12.5. The minimum Gasteiger partial charge on any atom is -0.497 e. The molecule has 0 heterocycles. The van der Waals surface area contributed by atoms with Crippen LogP contribution in [0.1, 0.15) is 37.7 Å². The maximum atomic E-state index is 5.98. The van der Waals surface area contributed by atoms with Gasteiger partial charge in [-0.15, -0.1) is 11.6 Å². The highest BCUT2D eigenvalue weighted by Crippen LogP contribution is 2.23. The van der Waals surface area contributed by atoms with Gasteiger partial charge < -0.3 is 4.74 Å². The first-order chi connectivity index (χ1) is 9.83. The highest BCUT2D eigenvalue weighted by atomic mass is 35.5. The number of benzene rings is 1. The third-order valence-electron chi connectivity index (χ3n) is 4.31. The summed E-state index contributed by atoms with van der Waals surface area (Å²) in [5.74, 6) is 1.66. The molecule has 20 heavy (non-hydrogen) atoms. The lowest BCUT2D eigenvalue weighted by Gasteiger charge is -2.34. The van der Waals surface area contributed by atoms with E-state index in [1.54, 1.807) is 7.11 Å². The molecule has 0 saturated heterocycles. The van der Waals surface area contributed by atoms with Crippen molar-refractivity contribution in [3.05, 3.63) is 29.8 Å². The van der Waals surface area contributed by atoms with Crippen molar-refractivity contribution in [1.29, 1.82) is 0 Å². The van der Waals surface area contributed by atoms with Gasteiger partial charge in [-0.1, -0.05) is 31.4 Å². The Morgan fingerprint density at radius 1 is 1.10 bits per heavy atom. The van der Waals surface area contributed by atoms with Gasteiger partial charge in [-0.3, -0.25) is 4.90 Å². The van der Waals surface area contributed by atoms with Crippen LogP contribution in [0.3, 0.4) is 0 Å². The van der Waals surface area contributed by atoms with Crippen LogP contribution in [0.2, 0.25) is 0 Å². The zero-order valence-corrected chi connectivity index (χ0v) is 13.2. The SMILES string of the molecule is COc1ccc(CCN(CCCl)C2CCCCC2)cc1. The third-order valence-corrected chi connectivity index (χ3v) is 4.48. The van der Waals surface area contributed by atoms with Gasteiger partial charge in [0.05, 0.1) is 7.11 Å². The summed E-state index contributed by atoms with van der Waals surface area (Å²) < 4.78 is 5.20. The Hall–Kier alpha value is -0.730. The molecule has 1 aromatic carbocycles. The van der Waals surface area contributed by atoms with E-state index >= 15 is 0 Å². The van der Waals surface area contributed by atoms with Gasteiger partial charge in [0.15, 0.2) is 0 Å². The predicted molar refractivity (Wildman–Crippen MR) is 85.9 cm³/mol. The van der Waals surface area contributed by atoms with Crippen LogP contribution in [0.4, 0.5) is 0 Å². The van der Waals surface area contributed by atoms with Gasteiger partial charge in [0.1, 0.15) is 5.75 Å². The Bertz CT molecular complexity index is 373. The summed E-state index contributed by atoms with van der Waals surface area (Å²) in [5, 5.41) is 0. The van der Waals surface area contributed by atoms with Crippen molar-refractivity contribution in [3.63, 3.8) is 0 Å². The molecule has 0 aliphatic heterocycles. The van der Waals surface area contributed by atoms with E-state index < -0.39 is 0 Å². The van der Waals surface area contributed by atoms with Crippen molar-refractivity contribution < 1.29 is 4.74 Å². The van der Waals surface area contributed by atoms with E-state index in [4.69, 9.17) is 16.3 Å². The smallest absolute Gasteiger partial charge is 0.118 e. The Labute approximate surface area is 128 Å². The van der Waals surface area contributed by atoms with E-state index in [0.717, 1.165) is 37.2 Å². The third kappa shape index (κ3) is 4.68. The molecule has 3 heteroatoms. The molecule has 2 nitrogen and oxygen atoms in total. The maximum absolute atomic E-state index is 5.98. The molecule has 0 radical (unpaired) electrons. The van der Waals surface area contributed by atoms with Crippen LogP contribution >= 0.6 is 11.6 Å². The van der Waals surface area contributed by atoms with E-state index in [1.165, 1.54) is 37.7 Å². The van der Waals surface area contributed by atoms with E-state index in [9.17, 15) is 0 Å². The molecule has 2 rings (SSSR count). The summed E-state index contributed by atoms with van der Waals surface area (Å²) in [7, 11) is 1.71. The van der Waals surface area contributed by atoms with Crippen LogP contribution in [0.15, 0.2) is 24.3 Å². The molecule has 0 amide bonds. The first-order valence-corrected chi connectivity index (χ1v) is 8.30. The number of halogens is 1. The Kier molecular flexibility index (Phi) is 6.68. The molecular formula is C17H26ClNO. The summed E-state index contributed by atoms with van der Waals surface area (Å²) in [5.41, 5.74) is 1.38. The number of methoxy groups -OCH3 is 1. The largest absolute Gasteiger partial charge is 0.497 e. The molecule has 0 bridgehead atoms. The van der Waals surface area contributed by atoms with Crippen LogP contribution in [-0.4, -0.2) is 37.0 Å². The van der Waals surface area contributed by atoms with Gasteiger partial charge in [-0.05, 0) is 37.0 Å². The second-order valence-electron chi connectivity index (χ2n) is 5.61. The van der Waals surface area contributed by atoms with E-state index in [-0.39, 0.29) is 0 Å². The summed E-state index contributed by atoms with van der Waals surface area (Å²) >= 11 is 5.98. The van der Waals surface area contributed by atoms with Gasteiger partial charge in [0, 0.05) is 25.0 Å². The second-order valence-corrected chi connectivity index (χ2v) is 5.99. The number of ether oxygens (including phenoxy) is 1. The Morgan fingerprint density at radius 2 is 1.80 bits per heavy atom. The highest BCUT2D eigenvalue weighted by molar-refractivity contribution is 6.18. The van der Waals surface area contributed by atoms with Gasteiger partial charge in [-0.25, -0.2) is 0 Å². The van der Waals surface area contributed by atoms with Crippen molar-refractivity contribution in [2.75, 3.05) is 26.1 Å². The molecule has 112 valence electrons. The first-order valence-electron chi connectivity index (χ1n) is 7.76. The molecular weight excluding hydrogens is 270 g/mol. The second kappa shape index (κ2) is 8.53. The highest BCUT2D eigenvalue weighted by Gasteiger charge is 2.20. The summed E-state index contributed by atoms with van der Waals surface area (Å²) in [6.45, 7) is 2.13. The number of hydrogen-bond donors (Lipinski definition) is 0. The van der Waals surface area contributed by atoms with Crippen LogP contribution in [0.25, 0.3) is 0 Å². The predicted octanol–water partition coefficient (Wildman–Crippen LogP) is 4.11. The van der Waals surface area contributed by atoms with Gasteiger partial charge in [0.25, 0.3) is 0 Å². The minimum atomic E-state index is 0.735. The molecule has 1 aromatic rings. The van der Waals surface area contributed by atoms with Gasteiger partial charge >= 0.3 is 0 Å². The number of alkyl halides is 1. The van der Waals surface area contributed by atoms with Gasteiger partial charge in [-0.2, -0.15) is 0 Å². The quantitative estimate of drug-likeness (QED) is 0.702. The van der Waals surface area contributed by atoms with Crippen molar-refractivity contribution >= 4 is 11.6 Å². The summed E-state index contributed by atoms with van der Waals surface area (Å²) in [4.78, 5) is 2.59. The number of nitrogens with zero attached hydrogens (tertiary/aromatic N) is 1. The van der Waals surface area contributed by atoms with Crippen molar-refractivity contribution in [1.82, 2.24) is 4.90 Å². The molecule has 0 aromatic heterocycles. The molecule has 0 atom stereocenters. The topological polar surface area (TPSA) is 12.5 Å². The lowest BCUT2D eigenvalue weighted by Crippen LogP contribution is -2.39. The van der Waals surface area contributed by atoms with Crippen LogP contribution in [-0.2, 0) is 6.42 Å². The standard InChI is InChI=1S/C17H26ClNO/c1-20-17-9-7-15(8-10-17)11-13-19(14-12-18)16-5-3-2-4-6-16/h7-10,16H,2-6,11-14H2,1H3. The van der Waals surface area contributed by atoms with Crippen molar-refractivity contribution in [2.45, 2.75) is 44.6 Å². The molecule has 1 aliphatic rings. The van der Waals surface area contributed by atoms with Crippen LogP contribution in [0.5, 0.6) is 5.75 Å². The van der Waals surface area contributed by atoms with Crippen molar-refractivity contribution in [3.8, 4) is 5.75 Å². The normalized spacial score (nSPS) is 16.6. The van der Waals surface area contributed by atoms with Gasteiger partial charge in [0.2, 0.25) is 0 Å². The molecule has 1 saturated carbocycles. The first kappa shape index (κ1) is 15.7. The number of rotatable bonds is 7. The van der Waals surface area contributed by atoms with Crippen LogP contribution < -0.4 is 4.74 Å². The fourth-order valence-corrected chi connectivity index (χ4v) is 3.31. The lowest BCUT2D eigenvalue weighted by atomic mass is 9.94. The Morgan fingerprint density at radius 3 is 2.40 bits per heavy atom. The molecule has 1 fully saturated rings. The fourth-order valence-electron chi connectivity index (χ4n) is 3.10. The molecule has 0 unspecified atom stereocenters. The average molecular weight is 296 g/mol. The molecule has 1 aliphatic carbocycles. The monoisotopic (exact) mass is 295 g/mol. The van der Waals surface area contributed by atoms with Crippen LogP contribution in [0, 0.1) is 0 Å². The van der Waals surface area contributed by atoms with Crippen molar-refractivity contribution in [2.24, 2.45) is 0 Å². The van der Waals surface area contributed by atoms with E-state index in [0.29, 0.717) is 0 Å². The molecule has 0 spiro atoms. The zero-order chi connectivity index (χ0) is 14.2. The lowest BCUT2D eigenvalue weighted by molar-refractivity contribution is 0.166. The fraction of sp³-hybridized carbons (Fsp3) is 0.647.